The topological polar surface area (TPSA) is 9.23 Å². The second kappa shape index (κ2) is 11.1. The van der Waals surface area contributed by atoms with Gasteiger partial charge in [0.2, 0.25) is 5.82 Å². The Bertz CT molecular complexity index is 1100. The van der Waals surface area contributed by atoms with Gasteiger partial charge in [-0.25, -0.2) is 8.78 Å². The van der Waals surface area contributed by atoms with Gasteiger partial charge in [-0.2, -0.15) is 4.39 Å². The highest BCUT2D eigenvalue weighted by atomic mass is 19.2. The number of rotatable bonds is 8. The lowest BCUT2D eigenvalue weighted by Crippen LogP contribution is -2.14. The average molecular weight is 467 g/mol. The molecule has 3 aromatic carbocycles. The second-order valence-electron chi connectivity index (χ2n) is 9.45. The first-order valence-corrected chi connectivity index (χ1v) is 12.5. The minimum Gasteiger partial charge on any atom is -0.486 e. The molecule has 1 aliphatic rings. The average Bonchev–Trinajstić information content (AvgIpc) is 2.87. The van der Waals surface area contributed by atoms with Crippen molar-refractivity contribution in [2.45, 2.75) is 71.3 Å². The number of halogens is 3. The summed E-state index contributed by atoms with van der Waals surface area (Å²) in [7, 11) is 0. The third kappa shape index (κ3) is 5.48. The van der Waals surface area contributed by atoms with Gasteiger partial charge in [-0.3, -0.25) is 0 Å². The minimum absolute atomic E-state index is 0.0684. The normalized spacial score (nSPS) is 18.1. The minimum atomic E-state index is -0.908. The van der Waals surface area contributed by atoms with Gasteiger partial charge >= 0.3 is 0 Å². The van der Waals surface area contributed by atoms with Crippen molar-refractivity contribution in [3.63, 3.8) is 0 Å². The number of ether oxygens (including phenoxy) is 1. The van der Waals surface area contributed by atoms with Crippen molar-refractivity contribution in [2.24, 2.45) is 5.92 Å². The van der Waals surface area contributed by atoms with E-state index in [0.717, 1.165) is 67.2 Å². The Morgan fingerprint density at radius 1 is 0.794 bits per heavy atom. The van der Waals surface area contributed by atoms with Gasteiger partial charge in [0.1, 0.15) is 12.4 Å². The summed E-state index contributed by atoms with van der Waals surface area (Å²) in [4.78, 5) is 0. The molecule has 4 heteroatoms. The molecule has 0 aromatic heterocycles. The number of hydrogen-bond acceptors (Lipinski definition) is 1. The van der Waals surface area contributed by atoms with Gasteiger partial charge in [0.05, 0.1) is 0 Å². The lowest BCUT2D eigenvalue weighted by Gasteiger charge is -2.28. The Morgan fingerprint density at radius 3 is 2.15 bits per heavy atom. The highest BCUT2D eigenvalue weighted by Crippen LogP contribution is 2.39. The summed E-state index contributed by atoms with van der Waals surface area (Å²) >= 11 is 0. The van der Waals surface area contributed by atoms with E-state index in [1.165, 1.54) is 0 Å². The molecular formula is C30H33F3O. The van der Waals surface area contributed by atoms with Crippen molar-refractivity contribution in [2.75, 3.05) is 0 Å². The van der Waals surface area contributed by atoms with Crippen molar-refractivity contribution < 1.29 is 17.9 Å². The monoisotopic (exact) mass is 466 g/mol. The molecule has 0 heterocycles. The van der Waals surface area contributed by atoms with Crippen molar-refractivity contribution in [3.8, 4) is 16.9 Å². The fourth-order valence-electron chi connectivity index (χ4n) is 5.01. The molecule has 0 saturated heterocycles. The van der Waals surface area contributed by atoms with E-state index in [1.807, 2.05) is 43.3 Å². The van der Waals surface area contributed by atoms with Crippen LogP contribution in [-0.2, 0) is 13.0 Å². The van der Waals surface area contributed by atoms with Crippen LogP contribution in [0, 0.1) is 23.4 Å². The standard InChI is InChI=1S/C30H33F3O/c1-3-5-24-14-15-25(18-27(24)31)22-10-8-21(9-11-22)19-34-28-17-16-26(29(32)30(28)33)23-12-6-20(4-2)7-13-23/h8-11,14-18,20,23H,3-7,12-13,19H2,1-2H3. The molecule has 1 nitrogen and oxygen atoms in total. The second-order valence-corrected chi connectivity index (χ2v) is 9.45. The molecule has 0 amide bonds. The van der Waals surface area contributed by atoms with E-state index in [0.29, 0.717) is 11.5 Å². The third-order valence-corrected chi connectivity index (χ3v) is 7.19. The van der Waals surface area contributed by atoms with E-state index in [9.17, 15) is 13.2 Å². The molecule has 0 bridgehead atoms. The first-order valence-electron chi connectivity index (χ1n) is 12.5. The summed E-state index contributed by atoms with van der Waals surface area (Å²) in [5, 5.41) is 0. The Hall–Kier alpha value is -2.75. The van der Waals surface area contributed by atoms with Gasteiger partial charge in [-0.1, -0.05) is 69.2 Å². The van der Waals surface area contributed by atoms with Crippen molar-refractivity contribution >= 4 is 0 Å². The van der Waals surface area contributed by atoms with E-state index in [4.69, 9.17) is 4.74 Å². The molecule has 1 fully saturated rings. The zero-order chi connectivity index (χ0) is 24.1. The van der Waals surface area contributed by atoms with Gasteiger partial charge in [-0.05, 0) is 83.9 Å². The Labute approximate surface area is 201 Å². The molecule has 1 aliphatic carbocycles. The molecule has 1 saturated carbocycles. The molecule has 34 heavy (non-hydrogen) atoms. The molecule has 0 unspecified atom stereocenters. The Kier molecular flexibility index (Phi) is 7.97. The fourth-order valence-corrected chi connectivity index (χ4v) is 5.01. The van der Waals surface area contributed by atoms with Crippen molar-refractivity contribution in [3.05, 3.63) is 88.7 Å². The summed E-state index contributed by atoms with van der Waals surface area (Å²) in [5.41, 5.74) is 3.73. The number of aryl methyl sites for hydroxylation is 1. The van der Waals surface area contributed by atoms with Gasteiger partial charge in [-0.15, -0.1) is 0 Å². The molecular weight excluding hydrogens is 433 g/mol. The number of hydrogen-bond donors (Lipinski definition) is 0. The van der Waals surface area contributed by atoms with Crippen LogP contribution in [0.2, 0.25) is 0 Å². The molecule has 3 aromatic rings. The molecule has 0 spiro atoms. The molecule has 0 radical (unpaired) electrons. The predicted octanol–water partition coefficient (Wildman–Crippen LogP) is 8.99. The predicted molar refractivity (Wildman–Crippen MR) is 132 cm³/mol. The highest BCUT2D eigenvalue weighted by Gasteiger charge is 2.26. The zero-order valence-corrected chi connectivity index (χ0v) is 20.0. The van der Waals surface area contributed by atoms with Gasteiger partial charge in [0.15, 0.2) is 11.6 Å². The van der Waals surface area contributed by atoms with E-state index in [1.54, 1.807) is 18.2 Å². The molecule has 0 N–H and O–H groups in total. The van der Waals surface area contributed by atoms with Gasteiger partial charge < -0.3 is 4.74 Å². The Morgan fingerprint density at radius 2 is 1.50 bits per heavy atom. The van der Waals surface area contributed by atoms with Crippen molar-refractivity contribution in [1.29, 1.82) is 0 Å². The SMILES string of the molecule is CCCc1ccc(-c2ccc(COc3ccc(C4CCC(CC)CC4)c(F)c3F)cc2)cc1F. The lowest BCUT2D eigenvalue weighted by atomic mass is 9.77. The smallest absolute Gasteiger partial charge is 0.200 e. The largest absolute Gasteiger partial charge is 0.486 e. The summed E-state index contributed by atoms with van der Waals surface area (Å²) in [6.45, 7) is 4.35. The molecule has 4 rings (SSSR count). The summed E-state index contributed by atoms with van der Waals surface area (Å²) < 4.78 is 49.4. The lowest BCUT2D eigenvalue weighted by molar-refractivity contribution is 0.280. The first-order chi connectivity index (χ1) is 16.5. The maximum Gasteiger partial charge on any atom is 0.200 e. The van der Waals surface area contributed by atoms with Crippen LogP contribution in [0.1, 0.15) is 75.0 Å². The van der Waals surface area contributed by atoms with Crippen LogP contribution in [0.3, 0.4) is 0 Å². The fraction of sp³-hybridized carbons (Fsp3) is 0.400. The van der Waals surface area contributed by atoms with Crippen LogP contribution in [-0.4, -0.2) is 0 Å². The van der Waals surface area contributed by atoms with E-state index in [2.05, 4.69) is 6.92 Å². The highest BCUT2D eigenvalue weighted by molar-refractivity contribution is 5.64. The summed E-state index contributed by atoms with van der Waals surface area (Å²) in [6.07, 6.45) is 6.75. The van der Waals surface area contributed by atoms with Crippen LogP contribution in [0.5, 0.6) is 5.75 Å². The maximum absolute atomic E-state index is 14.8. The van der Waals surface area contributed by atoms with E-state index < -0.39 is 11.6 Å². The van der Waals surface area contributed by atoms with E-state index >= 15 is 0 Å². The molecule has 0 aliphatic heterocycles. The van der Waals surface area contributed by atoms with Crippen LogP contribution in [0.4, 0.5) is 13.2 Å². The van der Waals surface area contributed by atoms with Crippen molar-refractivity contribution in [1.82, 2.24) is 0 Å². The molecule has 0 atom stereocenters. The zero-order valence-electron chi connectivity index (χ0n) is 20.0. The third-order valence-electron chi connectivity index (χ3n) is 7.19. The maximum atomic E-state index is 14.8. The van der Waals surface area contributed by atoms with E-state index in [-0.39, 0.29) is 24.1 Å². The number of benzene rings is 3. The molecule has 180 valence electrons. The summed E-state index contributed by atoms with van der Waals surface area (Å²) in [6, 6.07) is 16.1. The van der Waals surface area contributed by atoms with Crippen LogP contribution in [0.25, 0.3) is 11.1 Å². The van der Waals surface area contributed by atoms with Crippen LogP contribution >= 0.6 is 0 Å². The quantitative estimate of drug-likeness (QED) is 0.322. The Balaban J connectivity index is 1.40. The van der Waals surface area contributed by atoms with Gasteiger partial charge in [0.25, 0.3) is 0 Å². The first kappa shape index (κ1) is 24.4. The van der Waals surface area contributed by atoms with Crippen LogP contribution < -0.4 is 4.74 Å². The van der Waals surface area contributed by atoms with Crippen LogP contribution in [0.15, 0.2) is 54.6 Å². The summed E-state index contributed by atoms with van der Waals surface area (Å²) in [5.74, 6) is -1.15. The van der Waals surface area contributed by atoms with Gasteiger partial charge in [0, 0.05) is 0 Å².